The highest BCUT2D eigenvalue weighted by atomic mass is 35.5. The fraction of sp³-hybridized carbons (Fsp3) is 0.133. The minimum Gasteiger partial charge on any atom is -0.506 e. The van der Waals surface area contributed by atoms with Crippen LogP contribution in [0, 0.1) is 0 Å². The molecule has 110 valence electrons. The topological polar surface area (TPSA) is 67.8 Å². The first-order valence-corrected chi connectivity index (χ1v) is 6.45. The van der Waals surface area contributed by atoms with E-state index in [2.05, 4.69) is 5.32 Å². The van der Waals surface area contributed by atoms with Gasteiger partial charge in [-0.15, -0.1) is 0 Å². The zero-order chi connectivity index (χ0) is 15.4. The highest BCUT2D eigenvalue weighted by Gasteiger charge is 2.12. The van der Waals surface area contributed by atoms with E-state index < -0.39 is 5.91 Å². The third-order valence-electron chi connectivity index (χ3n) is 2.85. The van der Waals surface area contributed by atoms with E-state index in [-0.39, 0.29) is 11.4 Å². The average molecular weight is 308 g/mol. The van der Waals surface area contributed by atoms with Gasteiger partial charge in [-0.2, -0.15) is 0 Å². The number of methoxy groups -OCH3 is 2. The Bertz CT molecular complexity index is 673. The minimum absolute atomic E-state index is 0.0618. The van der Waals surface area contributed by atoms with Crippen LogP contribution in [0.1, 0.15) is 10.4 Å². The molecule has 0 atom stereocenters. The maximum Gasteiger partial charge on any atom is 0.255 e. The lowest BCUT2D eigenvalue weighted by Gasteiger charge is -2.11. The first-order valence-electron chi connectivity index (χ1n) is 6.07. The first kappa shape index (κ1) is 15.0. The van der Waals surface area contributed by atoms with Gasteiger partial charge in [0.1, 0.15) is 5.75 Å². The lowest BCUT2D eigenvalue weighted by Crippen LogP contribution is -2.12. The maximum atomic E-state index is 12.2. The molecule has 1 amide bonds. The molecular weight excluding hydrogens is 294 g/mol. The van der Waals surface area contributed by atoms with Crippen molar-refractivity contribution in [3.8, 4) is 17.2 Å². The van der Waals surface area contributed by atoms with Crippen molar-refractivity contribution in [3.63, 3.8) is 0 Å². The zero-order valence-electron chi connectivity index (χ0n) is 11.5. The molecule has 21 heavy (non-hydrogen) atoms. The average Bonchev–Trinajstić information content (AvgIpc) is 2.50. The number of aromatic hydroxyl groups is 1. The molecule has 0 fully saturated rings. The van der Waals surface area contributed by atoms with Crippen LogP contribution >= 0.6 is 11.6 Å². The van der Waals surface area contributed by atoms with Crippen molar-refractivity contribution >= 4 is 23.2 Å². The number of carbonyl (C=O) groups excluding carboxylic acids is 1. The summed E-state index contributed by atoms with van der Waals surface area (Å²) < 4.78 is 10.3. The highest BCUT2D eigenvalue weighted by Crippen LogP contribution is 2.30. The molecule has 2 aromatic rings. The van der Waals surface area contributed by atoms with Crippen LogP contribution in [0.4, 0.5) is 5.69 Å². The van der Waals surface area contributed by atoms with Crippen molar-refractivity contribution in [3.05, 3.63) is 47.0 Å². The van der Waals surface area contributed by atoms with Crippen LogP contribution in [0.15, 0.2) is 36.4 Å². The summed E-state index contributed by atoms with van der Waals surface area (Å²) in [5.41, 5.74) is 0.606. The fourth-order valence-corrected chi connectivity index (χ4v) is 1.95. The van der Waals surface area contributed by atoms with E-state index in [0.717, 1.165) is 0 Å². The van der Waals surface area contributed by atoms with Gasteiger partial charge in [-0.1, -0.05) is 11.6 Å². The number of phenolic OH excluding ortho intramolecular Hbond substituents is 1. The van der Waals surface area contributed by atoms with Gasteiger partial charge in [-0.25, -0.2) is 0 Å². The van der Waals surface area contributed by atoms with Gasteiger partial charge in [0, 0.05) is 10.6 Å². The second kappa shape index (κ2) is 6.37. The second-order valence-corrected chi connectivity index (χ2v) is 4.62. The largest absolute Gasteiger partial charge is 0.506 e. The second-order valence-electron chi connectivity index (χ2n) is 4.19. The fourth-order valence-electron chi connectivity index (χ4n) is 1.78. The van der Waals surface area contributed by atoms with Gasteiger partial charge in [0.25, 0.3) is 5.91 Å². The Balaban J connectivity index is 2.26. The van der Waals surface area contributed by atoms with Crippen molar-refractivity contribution in [2.24, 2.45) is 0 Å². The summed E-state index contributed by atoms with van der Waals surface area (Å²) in [6.07, 6.45) is 0. The molecule has 2 N–H and O–H groups in total. The number of anilines is 1. The Morgan fingerprint density at radius 2 is 1.81 bits per heavy atom. The molecule has 0 aromatic heterocycles. The molecule has 5 nitrogen and oxygen atoms in total. The predicted octanol–water partition coefficient (Wildman–Crippen LogP) is 3.32. The van der Waals surface area contributed by atoms with Crippen LogP contribution in [-0.2, 0) is 0 Å². The van der Waals surface area contributed by atoms with Crippen LogP contribution < -0.4 is 14.8 Å². The lowest BCUT2D eigenvalue weighted by molar-refractivity contribution is 0.102. The van der Waals surface area contributed by atoms with Crippen LogP contribution in [0.2, 0.25) is 5.02 Å². The summed E-state index contributed by atoms with van der Waals surface area (Å²) in [7, 11) is 3.00. The maximum absolute atomic E-state index is 12.2. The highest BCUT2D eigenvalue weighted by molar-refractivity contribution is 6.31. The molecule has 6 heteroatoms. The Morgan fingerprint density at radius 3 is 2.48 bits per heavy atom. The summed E-state index contributed by atoms with van der Waals surface area (Å²) in [5.74, 6) is 0.516. The third-order valence-corrected chi connectivity index (χ3v) is 3.09. The number of phenols is 1. The Labute approximate surface area is 127 Å². The molecule has 0 spiro atoms. The molecule has 0 heterocycles. The number of hydrogen-bond donors (Lipinski definition) is 2. The predicted molar refractivity (Wildman–Crippen MR) is 80.6 cm³/mol. The van der Waals surface area contributed by atoms with Crippen LogP contribution in [0.25, 0.3) is 0 Å². The molecule has 0 saturated carbocycles. The SMILES string of the molecule is COc1ccc(C(=O)Nc2cc(Cl)ccc2O)cc1OC. The van der Waals surface area contributed by atoms with E-state index in [1.165, 1.54) is 32.4 Å². The summed E-state index contributed by atoms with van der Waals surface area (Å²) in [4.78, 5) is 12.2. The number of carbonyl (C=O) groups is 1. The monoisotopic (exact) mass is 307 g/mol. The Morgan fingerprint density at radius 1 is 1.10 bits per heavy atom. The number of nitrogens with one attached hydrogen (secondary N) is 1. The number of hydrogen-bond acceptors (Lipinski definition) is 4. The van der Waals surface area contributed by atoms with Gasteiger partial charge in [-0.3, -0.25) is 4.79 Å². The molecule has 0 saturated heterocycles. The quantitative estimate of drug-likeness (QED) is 0.850. The Kier molecular flexibility index (Phi) is 4.55. The molecule has 0 aliphatic heterocycles. The zero-order valence-corrected chi connectivity index (χ0v) is 12.3. The lowest BCUT2D eigenvalue weighted by atomic mass is 10.1. The summed E-state index contributed by atoms with van der Waals surface area (Å²) in [5, 5.41) is 12.7. The number of amides is 1. The van der Waals surface area contributed by atoms with Crippen LogP contribution in [0.5, 0.6) is 17.2 Å². The molecule has 0 aliphatic carbocycles. The summed E-state index contributed by atoms with van der Waals surface area (Å²) >= 11 is 5.83. The normalized spacial score (nSPS) is 10.0. The van der Waals surface area contributed by atoms with E-state index in [1.807, 2.05) is 0 Å². The smallest absolute Gasteiger partial charge is 0.255 e. The number of benzene rings is 2. The minimum atomic E-state index is -0.395. The Hall–Kier alpha value is -2.40. The van der Waals surface area contributed by atoms with E-state index in [1.54, 1.807) is 18.2 Å². The van der Waals surface area contributed by atoms with E-state index in [9.17, 15) is 9.90 Å². The van der Waals surface area contributed by atoms with Crippen LogP contribution in [0.3, 0.4) is 0 Å². The van der Waals surface area contributed by atoms with Crippen molar-refractivity contribution in [2.45, 2.75) is 0 Å². The molecular formula is C15H14ClNO4. The van der Waals surface area contributed by atoms with Gasteiger partial charge in [0.05, 0.1) is 19.9 Å². The summed E-state index contributed by atoms with van der Waals surface area (Å²) in [6.45, 7) is 0. The molecule has 0 radical (unpaired) electrons. The van der Waals surface area contributed by atoms with Crippen molar-refractivity contribution in [1.82, 2.24) is 0 Å². The van der Waals surface area contributed by atoms with E-state index in [0.29, 0.717) is 22.1 Å². The van der Waals surface area contributed by atoms with Gasteiger partial charge < -0.3 is 19.9 Å². The molecule has 2 rings (SSSR count). The van der Waals surface area contributed by atoms with Gasteiger partial charge in [0.2, 0.25) is 0 Å². The number of halogens is 1. The molecule has 0 unspecified atom stereocenters. The first-order chi connectivity index (χ1) is 10.0. The van der Waals surface area contributed by atoms with E-state index >= 15 is 0 Å². The van der Waals surface area contributed by atoms with Gasteiger partial charge in [-0.05, 0) is 36.4 Å². The van der Waals surface area contributed by atoms with Crippen molar-refractivity contribution < 1.29 is 19.4 Å². The molecule has 0 bridgehead atoms. The van der Waals surface area contributed by atoms with Crippen molar-refractivity contribution in [1.29, 1.82) is 0 Å². The molecule has 2 aromatic carbocycles. The number of rotatable bonds is 4. The van der Waals surface area contributed by atoms with Gasteiger partial charge >= 0.3 is 0 Å². The van der Waals surface area contributed by atoms with Crippen molar-refractivity contribution in [2.75, 3.05) is 19.5 Å². The van der Waals surface area contributed by atoms with Gasteiger partial charge in [0.15, 0.2) is 11.5 Å². The number of ether oxygens (including phenoxy) is 2. The summed E-state index contributed by atoms with van der Waals surface area (Å²) in [6, 6.07) is 9.19. The standard InChI is InChI=1S/C15H14ClNO4/c1-20-13-6-3-9(7-14(13)21-2)15(19)17-11-8-10(16)4-5-12(11)18/h3-8,18H,1-2H3,(H,17,19). The van der Waals surface area contributed by atoms with E-state index in [4.69, 9.17) is 21.1 Å². The third kappa shape index (κ3) is 3.38. The molecule has 0 aliphatic rings. The van der Waals surface area contributed by atoms with Crippen LogP contribution in [-0.4, -0.2) is 25.2 Å².